The molecular formula is C27H50N4O8. The fourth-order valence-electron chi connectivity index (χ4n) is 5.23. The summed E-state index contributed by atoms with van der Waals surface area (Å²) in [5.41, 5.74) is 0. The number of carbonyl (C=O) groups is 4. The van der Waals surface area contributed by atoms with E-state index in [2.05, 4.69) is 52.0 Å². The van der Waals surface area contributed by atoms with Gasteiger partial charge >= 0.3 is 0 Å². The van der Waals surface area contributed by atoms with E-state index in [4.69, 9.17) is 29.3 Å². The molecule has 3 atom stereocenters. The van der Waals surface area contributed by atoms with Gasteiger partial charge in [0.25, 0.3) is 12.9 Å². The van der Waals surface area contributed by atoms with Crippen molar-refractivity contribution in [2.75, 3.05) is 53.4 Å². The van der Waals surface area contributed by atoms with E-state index in [0.29, 0.717) is 57.3 Å². The summed E-state index contributed by atoms with van der Waals surface area (Å²) in [6.45, 7) is 12.2. The molecule has 3 aliphatic heterocycles. The Morgan fingerprint density at radius 1 is 1.10 bits per heavy atom. The molecule has 0 bridgehead atoms. The average Bonchev–Trinajstić information content (AvgIpc) is 3.26. The van der Waals surface area contributed by atoms with Crippen LogP contribution in [0, 0.1) is 11.8 Å². The second kappa shape index (κ2) is 17.4. The number of hydrogen-bond donors (Lipinski definition) is 3. The van der Waals surface area contributed by atoms with Gasteiger partial charge in [-0.15, -0.1) is 0 Å². The highest BCUT2D eigenvalue weighted by atomic mass is 16.7. The molecule has 12 heteroatoms. The summed E-state index contributed by atoms with van der Waals surface area (Å²) in [5, 5.41) is 17.1. The van der Waals surface area contributed by atoms with Gasteiger partial charge in [-0.05, 0) is 45.2 Å². The molecule has 0 saturated carbocycles. The molecule has 3 aliphatic rings. The van der Waals surface area contributed by atoms with Crippen LogP contribution in [-0.4, -0.2) is 127 Å². The van der Waals surface area contributed by atoms with E-state index in [-0.39, 0.29) is 42.9 Å². The third-order valence-corrected chi connectivity index (χ3v) is 7.04. The standard InChI is InChI=1S/C25H46N4O4.2CH2O2/c1-18(2)15-21-23(30)29(14-10-26-21)22(16-19(3)4)24(31)28-12-8-25(9-13-28)32-17-20(33-25)7-11-27(5)6;2*2-1-3/h18-22,26H,7-17H2,1-6H3;2*1H,(H,2,3)/t20?,21-,22-;;/m0../s1. The highest BCUT2D eigenvalue weighted by molar-refractivity contribution is 5.90. The van der Waals surface area contributed by atoms with Crippen LogP contribution in [0.3, 0.4) is 0 Å². The summed E-state index contributed by atoms with van der Waals surface area (Å²) in [6.07, 6.45) is 3.96. The number of ether oxygens (including phenoxy) is 2. The van der Waals surface area contributed by atoms with E-state index in [1.165, 1.54) is 0 Å². The Balaban J connectivity index is 0.00000116. The minimum Gasteiger partial charge on any atom is -0.483 e. The van der Waals surface area contributed by atoms with Crippen molar-refractivity contribution in [3.8, 4) is 0 Å². The van der Waals surface area contributed by atoms with Crippen molar-refractivity contribution in [3.05, 3.63) is 0 Å². The van der Waals surface area contributed by atoms with Crippen LogP contribution < -0.4 is 5.32 Å². The van der Waals surface area contributed by atoms with Gasteiger partial charge in [-0.1, -0.05) is 27.7 Å². The smallest absolute Gasteiger partial charge is 0.290 e. The van der Waals surface area contributed by atoms with Gasteiger partial charge in [0.1, 0.15) is 6.04 Å². The number of piperidine rings is 1. The predicted molar refractivity (Wildman–Crippen MR) is 146 cm³/mol. The number of piperazine rings is 1. The summed E-state index contributed by atoms with van der Waals surface area (Å²) < 4.78 is 12.4. The van der Waals surface area contributed by atoms with Crippen LogP contribution in [0.2, 0.25) is 0 Å². The predicted octanol–water partition coefficient (Wildman–Crippen LogP) is 1.34. The van der Waals surface area contributed by atoms with Crippen LogP contribution in [0.1, 0.15) is 59.8 Å². The van der Waals surface area contributed by atoms with E-state index in [1.807, 2.05) is 9.80 Å². The molecule has 0 aromatic rings. The first kappa shape index (κ1) is 34.7. The molecule has 0 aromatic heterocycles. The molecule has 39 heavy (non-hydrogen) atoms. The zero-order valence-electron chi connectivity index (χ0n) is 24.5. The lowest BCUT2D eigenvalue weighted by atomic mass is 9.95. The van der Waals surface area contributed by atoms with Crippen molar-refractivity contribution in [1.82, 2.24) is 20.0 Å². The molecule has 0 aromatic carbocycles. The molecule has 0 radical (unpaired) electrons. The van der Waals surface area contributed by atoms with E-state index in [0.717, 1.165) is 25.9 Å². The molecule has 3 heterocycles. The SMILES string of the molecule is CC(C)C[C@@H]1NCCN([C@@H](CC(C)C)C(=O)N2CCC3(CC2)OCC(CCN(C)C)O3)C1=O.O=CO.O=CO. The summed E-state index contributed by atoms with van der Waals surface area (Å²) in [5.74, 6) is 0.374. The van der Waals surface area contributed by atoms with Gasteiger partial charge in [0.2, 0.25) is 11.8 Å². The van der Waals surface area contributed by atoms with Gasteiger partial charge in [0.05, 0.1) is 18.8 Å². The largest absolute Gasteiger partial charge is 0.483 e. The van der Waals surface area contributed by atoms with Crippen molar-refractivity contribution in [2.45, 2.75) is 83.8 Å². The number of carboxylic acid groups (broad SMARTS) is 2. The maximum absolute atomic E-state index is 13.7. The van der Waals surface area contributed by atoms with E-state index in [9.17, 15) is 9.59 Å². The molecule has 0 aliphatic carbocycles. The summed E-state index contributed by atoms with van der Waals surface area (Å²) in [6, 6.07) is -0.577. The maximum Gasteiger partial charge on any atom is 0.290 e. The molecule has 1 unspecified atom stereocenters. The maximum atomic E-state index is 13.7. The van der Waals surface area contributed by atoms with Crippen molar-refractivity contribution in [1.29, 1.82) is 0 Å². The third kappa shape index (κ3) is 11.4. The van der Waals surface area contributed by atoms with Crippen LogP contribution in [0.15, 0.2) is 0 Å². The Morgan fingerprint density at radius 3 is 2.21 bits per heavy atom. The van der Waals surface area contributed by atoms with Crippen LogP contribution in [0.4, 0.5) is 0 Å². The average molecular weight is 559 g/mol. The minimum absolute atomic E-state index is 0.0774. The van der Waals surface area contributed by atoms with E-state index < -0.39 is 5.79 Å². The quantitative estimate of drug-likeness (QED) is 0.354. The van der Waals surface area contributed by atoms with Gasteiger partial charge in [-0.25, -0.2) is 0 Å². The number of nitrogens with one attached hydrogen (secondary N) is 1. The van der Waals surface area contributed by atoms with Crippen LogP contribution >= 0.6 is 0 Å². The Hall–Kier alpha value is -2.28. The Bertz CT molecular complexity index is 750. The van der Waals surface area contributed by atoms with Crippen LogP contribution in [0.5, 0.6) is 0 Å². The van der Waals surface area contributed by atoms with Gasteiger partial charge in [0, 0.05) is 45.6 Å². The Kier molecular flexibility index (Phi) is 15.5. The fourth-order valence-corrected chi connectivity index (χ4v) is 5.23. The molecular weight excluding hydrogens is 508 g/mol. The number of rotatable bonds is 9. The Labute approximate surface area is 233 Å². The summed E-state index contributed by atoms with van der Waals surface area (Å²) in [7, 11) is 4.13. The lowest BCUT2D eigenvalue weighted by molar-refractivity contribution is -0.198. The van der Waals surface area contributed by atoms with Gasteiger partial charge in [0.15, 0.2) is 5.79 Å². The summed E-state index contributed by atoms with van der Waals surface area (Å²) in [4.78, 5) is 49.6. The molecule has 2 amide bonds. The zero-order chi connectivity index (χ0) is 29.6. The highest BCUT2D eigenvalue weighted by Gasteiger charge is 2.46. The fraction of sp³-hybridized carbons (Fsp3) is 0.852. The van der Waals surface area contributed by atoms with Crippen molar-refractivity contribution >= 4 is 24.8 Å². The van der Waals surface area contributed by atoms with Crippen LogP contribution in [0.25, 0.3) is 0 Å². The molecule has 12 nitrogen and oxygen atoms in total. The first-order chi connectivity index (χ1) is 18.4. The minimum atomic E-state index is -0.547. The second-order valence-corrected chi connectivity index (χ2v) is 11.4. The molecule has 3 rings (SSSR count). The van der Waals surface area contributed by atoms with Gasteiger partial charge in [-0.2, -0.15) is 0 Å². The third-order valence-electron chi connectivity index (χ3n) is 7.04. The van der Waals surface area contributed by atoms with Crippen molar-refractivity contribution in [3.63, 3.8) is 0 Å². The van der Waals surface area contributed by atoms with E-state index in [1.54, 1.807) is 0 Å². The van der Waals surface area contributed by atoms with Gasteiger partial charge < -0.3 is 39.7 Å². The number of carbonyl (C=O) groups excluding carboxylic acids is 2. The first-order valence-corrected chi connectivity index (χ1v) is 13.9. The monoisotopic (exact) mass is 558 g/mol. The van der Waals surface area contributed by atoms with Crippen molar-refractivity contribution in [2.24, 2.45) is 11.8 Å². The first-order valence-electron chi connectivity index (χ1n) is 13.9. The second-order valence-electron chi connectivity index (χ2n) is 11.4. The van der Waals surface area contributed by atoms with Crippen molar-refractivity contribution < 1.29 is 38.9 Å². The molecule has 1 spiro atoms. The van der Waals surface area contributed by atoms with Crippen LogP contribution in [-0.2, 0) is 28.7 Å². The molecule has 226 valence electrons. The number of hydrogen-bond acceptors (Lipinski definition) is 8. The molecule has 3 fully saturated rings. The zero-order valence-corrected chi connectivity index (χ0v) is 24.5. The Morgan fingerprint density at radius 2 is 1.69 bits per heavy atom. The number of likely N-dealkylation sites (tertiary alicyclic amines) is 1. The number of amides is 2. The normalized spacial score (nSPS) is 23.3. The van der Waals surface area contributed by atoms with Gasteiger partial charge in [-0.3, -0.25) is 19.2 Å². The molecule has 3 N–H and O–H groups in total. The summed E-state index contributed by atoms with van der Waals surface area (Å²) >= 11 is 0. The number of nitrogens with zero attached hydrogens (tertiary/aromatic N) is 3. The highest BCUT2D eigenvalue weighted by Crippen LogP contribution is 2.35. The lowest BCUT2D eigenvalue weighted by Gasteiger charge is -2.43. The van der Waals surface area contributed by atoms with E-state index >= 15 is 0 Å². The lowest BCUT2D eigenvalue weighted by Crippen LogP contribution is -2.62. The topological polar surface area (TPSA) is 149 Å². The molecule has 3 saturated heterocycles.